The summed E-state index contributed by atoms with van der Waals surface area (Å²) in [5.41, 5.74) is 0. The molecule has 1 saturated carbocycles. The maximum atomic E-state index is 11.6. The van der Waals surface area contributed by atoms with Crippen molar-refractivity contribution in [1.29, 1.82) is 0 Å². The molecular formula is C14H24O4. The topological polar surface area (TPSA) is 63.6 Å². The first-order chi connectivity index (χ1) is 8.40. The molecule has 0 aromatic rings. The normalized spacial score (nSPS) is 28.1. The Morgan fingerprint density at radius 3 is 2.50 bits per heavy atom. The van der Waals surface area contributed by atoms with E-state index in [0.717, 1.165) is 12.8 Å². The Bertz CT molecular complexity index is 298. The summed E-state index contributed by atoms with van der Waals surface area (Å²) in [6.45, 7) is 6.48. The molecule has 3 atom stereocenters. The molecular weight excluding hydrogens is 232 g/mol. The number of hydrogen-bond acceptors (Lipinski definition) is 3. The van der Waals surface area contributed by atoms with Gasteiger partial charge in [0.15, 0.2) is 0 Å². The Morgan fingerprint density at radius 2 is 1.94 bits per heavy atom. The van der Waals surface area contributed by atoms with Gasteiger partial charge in [-0.25, -0.2) is 0 Å². The molecule has 1 aliphatic carbocycles. The number of aliphatic carboxylic acids is 1. The van der Waals surface area contributed by atoms with Crippen LogP contribution in [-0.4, -0.2) is 23.1 Å². The predicted octanol–water partition coefficient (Wildman–Crippen LogP) is 2.86. The van der Waals surface area contributed by atoms with Crippen LogP contribution < -0.4 is 0 Å². The van der Waals surface area contributed by atoms with Gasteiger partial charge in [0.1, 0.15) is 6.10 Å². The minimum absolute atomic E-state index is 0.0228. The second kappa shape index (κ2) is 6.76. The van der Waals surface area contributed by atoms with Gasteiger partial charge in [0, 0.05) is 0 Å². The monoisotopic (exact) mass is 256 g/mol. The molecule has 0 radical (unpaired) electrons. The zero-order valence-electron chi connectivity index (χ0n) is 11.5. The van der Waals surface area contributed by atoms with Crippen molar-refractivity contribution in [2.75, 3.05) is 0 Å². The van der Waals surface area contributed by atoms with Crippen LogP contribution >= 0.6 is 0 Å². The van der Waals surface area contributed by atoms with Gasteiger partial charge in [-0.05, 0) is 30.6 Å². The van der Waals surface area contributed by atoms with Crippen molar-refractivity contribution >= 4 is 11.9 Å². The fourth-order valence-corrected chi connectivity index (χ4v) is 2.69. The Labute approximate surface area is 109 Å². The number of carboxylic acids is 1. The van der Waals surface area contributed by atoms with Gasteiger partial charge in [-0.3, -0.25) is 9.59 Å². The van der Waals surface area contributed by atoms with E-state index in [2.05, 4.69) is 20.8 Å². The number of carboxylic acid groups (broad SMARTS) is 1. The number of hydrogen-bond donors (Lipinski definition) is 1. The molecule has 104 valence electrons. The van der Waals surface area contributed by atoms with Crippen molar-refractivity contribution < 1.29 is 19.4 Å². The standard InChI is InChI=1S/C14H24O4/c1-9(2)11-5-4-10(3)8-12(11)18-14(17)7-6-13(15)16/h9-12H,4-8H2,1-3H3,(H,15,16)/t10-,11+,12-/m0/s1. The van der Waals surface area contributed by atoms with Crippen LogP contribution in [0.3, 0.4) is 0 Å². The lowest BCUT2D eigenvalue weighted by Gasteiger charge is -2.36. The number of esters is 1. The quantitative estimate of drug-likeness (QED) is 0.768. The van der Waals surface area contributed by atoms with E-state index in [0.29, 0.717) is 17.8 Å². The fourth-order valence-electron chi connectivity index (χ4n) is 2.69. The van der Waals surface area contributed by atoms with Gasteiger partial charge >= 0.3 is 11.9 Å². The van der Waals surface area contributed by atoms with Gasteiger partial charge in [0.25, 0.3) is 0 Å². The van der Waals surface area contributed by atoms with Crippen LogP contribution in [-0.2, 0) is 14.3 Å². The molecule has 0 saturated heterocycles. The SMILES string of the molecule is CC(C)[C@H]1CC[C@H](C)C[C@@H]1OC(=O)CCC(=O)O. The van der Waals surface area contributed by atoms with E-state index in [-0.39, 0.29) is 24.9 Å². The number of carbonyl (C=O) groups excluding carboxylic acids is 1. The van der Waals surface area contributed by atoms with Gasteiger partial charge in [-0.2, -0.15) is 0 Å². The zero-order chi connectivity index (χ0) is 13.7. The first-order valence-electron chi connectivity index (χ1n) is 6.81. The van der Waals surface area contributed by atoms with Gasteiger partial charge in [-0.1, -0.05) is 27.2 Å². The molecule has 1 fully saturated rings. The summed E-state index contributed by atoms with van der Waals surface area (Å²) in [5.74, 6) is 0.161. The third-order valence-electron chi connectivity index (χ3n) is 3.79. The van der Waals surface area contributed by atoms with E-state index in [1.807, 2.05) is 0 Å². The second-order valence-corrected chi connectivity index (χ2v) is 5.75. The molecule has 4 nitrogen and oxygen atoms in total. The first-order valence-corrected chi connectivity index (χ1v) is 6.81. The number of carbonyl (C=O) groups is 2. The molecule has 0 amide bonds. The summed E-state index contributed by atoms with van der Waals surface area (Å²) >= 11 is 0. The van der Waals surface area contributed by atoms with Crippen LogP contribution in [0, 0.1) is 17.8 Å². The van der Waals surface area contributed by atoms with Crippen molar-refractivity contribution in [3.8, 4) is 0 Å². The summed E-state index contributed by atoms with van der Waals surface area (Å²) in [7, 11) is 0. The third kappa shape index (κ3) is 4.67. The molecule has 0 spiro atoms. The molecule has 1 N–H and O–H groups in total. The van der Waals surface area contributed by atoms with Crippen molar-refractivity contribution in [3.63, 3.8) is 0 Å². The minimum atomic E-state index is -0.954. The molecule has 4 heteroatoms. The number of ether oxygens (including phenoxy) is 1. The summed E-state index contributed by atoms with van der Waals surface area (Å²) in [4.78, 5) is 22.0. The highest BCUT2D eigenvalue weighted by molar-refractivity contribution is 5.76. The molecule has 1 aliphatic rings. The van der Waals surface area contributed by atoms with Gasteiger partial charge in [0.2, 0.25) is 0 Å². The highest BCUT2D eigenvalue weighted by Crippen LogP contribution is 2.35. The second-order valence-electron chi connectivity index (χ2n) is 5.75. The molecule has 1 rings (SSSR count). The Morgan fingerprint density at radius 1 is 1.28 bits per heavy atom. The van der Waals surface area contributed by atoms with Gasteiger partial charge < -0.3 is 9.84 Å². The fraction of sp³-hybridized carbons (Fsp3) is 0.857. The summed E-state index contributed by atoms with van der Waals surface area (Å²) < 4.78 is 5.48. The maximum absolute atomic E-state index is 11.6. The molecule has 0 aromatic heterocycles. The van der Waals surface area contributed by atoms with Gasteiger partial charge in [0.05, 0.1) is 12.8 Å². The largest absolute Gasteiger partial charge is 0.481 e. The zero-order valence-corrected chi connectivity index (χ0v) is 11.5. The number of rotatable bonds is 5. The van der Waals surface area contributed by atoms with E-state index in [9.17, 15) is 9.59 Å². The van der Waals surface area contributed by atoms with E-state index >= 15 is 0 Å². The molecule has 0 unspecified atom stereocenters. The molecule has 0 bridgehead atoms. The average Bonchev–Trinajstić information content (AvgIpc) is 2.26. The van der Waals surface area contributed by atoms with Crippen molar-refractivity contribution in [2.45, 2.75) is 59.0 Å². The third-order valence-corrected chi connectivity index (χ3v) is 3.79. The molecule has 0 aliphatic heterocycles. The van der Waals surface area contributed by atoms with Crippen LogP contribution in [0.2, 0.25) is 0 Å². The Hall–Kier alpha value is -1.06. The van der Waals surface area contributed by atoms with E-state index in [1.54, 1.807) is 0 Å². The highest BCUT2D eigenvalue weighted by atomic mass is 16.5. The average molecular weight is 256 g/mol. The van der Waals surface area contributed by atoms with E-state index < -0.39 is 5.97 Å². The predicted molar refractivity (Wildman–Crippen MR) is 68.1 cm³/mol. The van der Waals surface area contributed by atoms with Crippen LogP contribution in [0.15, 0.2) is 0 Å². The van der Waals surface area contributed by atoms with E-state index in [1.165, 1.54) is 6.42 Å². The lowest BCUT2D eigenvalue weighted by atomic mass is 9.75. The smallest absolute Gasteiger partial charge is 0.306 e. The van der Waals surface area contributed by atoms with Crippen molar-refractivity contribution in [1.82, 2.24) is 0 Å². The van der Waals surface area contributed by atoms with Crippen LogP contribution in [0.25, 0.3) is 0 Å². The lowest BCUT2D eigenvalue weighted by molar-refractivity contribution is -0.158. The maximum Gasteiger partial charge on any atom is 0.306 e. The van der Waals surface area contributed by atoms with Crippen molar-refractivity contribution in [3.05, 3.63) is 0 Å². The van der Waals surface area contributed by atoms with E-state index in [4.69, 9.17) is 9.84 Å². The Kier molecular flexibility index (Phi) is 5.63. The Balaban J connectivity index is 2.49. The summed E-state index contributed by atoms with van der Waals surface area (Å²) in [6, 6.07) is 0. The minimum Gasteiger partial charge on any atom is -0.481 e. The molecule has 0 heterocycles. The van der Waals surface area contributed by atoms with Crippen LogP contribution in [0.1, 0.15) is 52.9 Å². The lowest BCUT2D eigenvalue weighted by Crippen LogP contribution is -2.35. The van der Waals surface area contributed by atoms with Crippen LogP contribution in [0.4, 0.5) is 0 Å². The summed E-state index contributed by atoms with van der Waals surface area (Å²) in [5, 5.41) is 8.54. The molecule has 18 heavy (non-hydrogen) atoms. The van der Waals surface area contributed by atoms with Crippen LogP contribution in [0.5, 0.6) is 0 Å². The first kappa shape index (κ1) is 15.0. The summed E-state index contributed by atoms with van der Waals surface area (Å²) in [6.07, 6.45) is 2.98. The highest BCUT2D eigenvalue weighted by Gasteiger charge is 2.33. The molecule has 0 aromatic carbocycles. The van der Waals surface area contributed by atoms with Crippen molar-refractivity contribution in [2.24, 2.45) is 17.8 Å². The van der Waals surface area contributed by atoms with Gasteiger partial charge in [-0.15, -0.1) is 0 Å².